The van der Waals surface area contributed by atoms with Gasteiger partial charge < -0.3 is 10.2 Å². The highest BCUT2D eigenvalue weighted by Gasteiger charge is 2.44. The van der Waals surface area contributed by atoms with Crippen molar-refractivity contribution in [2.75, 3.05) is 23.3 Å². The lowest BCUT2D eigenvalue weighted by atomic mass is 9.85. The van der Waals surface area contributed by atoms with Gasteiger partial charge in [-0.05, 0) is 54.9 Å². The van der Waals surface area contributed by atoms with Gasteiger partial charge in [0.1, 0.15) is 17.0 Å². The van der Waals surface area contributed by atoms with Crippen molar-refractivity contribution in [1.82, 2.24) is 9.97 Å². The van der Waals surface area contributed by atoms with Crippen molar-refractivity contribution >= 4 is 33.1 Å². The highest BCUT2D eigenvalue weighted by molar-refractivity contribution is 7.18. The van der Waals surface area contributed by atoms with Crippen LogP contribution in [0.3, 0.4) is 0 Å². The standard InChI is InChI=1S/C24H24F3N5S/c25-24(26,27)13-19-11-20-21(29-15-30-22(20)33-19)32-10-8-23(14-32)7-5-18(12-23)31-17-3-1-16(2-4-17)6-9-28/h1-4,11,15,18,31H,5-8,10,12-14H2/t18-,23+/m0/s1. The van der Waals surface area contributed by atoms with E-state index in [1.807, 2.05) is 24.3 Å². The molecule has 0 bridgehead atoms. The average molecular weight is 472 g/mol. The Morgan fingerprint density at radius 1 is 1.21 bits per heavy atom. The number of hydrogen-bond acceptors (Lipinski definition) is 6. The van der Waals surface area contributed by atoms with E-state index in [2.05, 4.69) is 26.3 Å². The first kappa shape index (κ1) is 22.0. The molecule has 1 spiro atoms. The first-order valence-electron chi connectivity index (χ1n) is 11.1. The van der Waals surface area contributed by atoms with Gasteiger partial charge in [-0.25, -0.2) is 9.97 Å². The van der Waals surface area contributed by atoms with Crippen molar-refractivity contribution in [3.8, 4) is 6.07 Å². The molecule has 5 nitrogen and oxygen atoms in total. The molecule has 1 aromatic carbocycles. The Kier molecular flexibility index (Phi) is 5.65. The predicted octanol–water partition coefficient (Wildman–Crippen LogP) is 5.72. The molecule has 3 heterocycles. The van der Waals surface area contributed by atoms with Crippen LogP contribution < -0.4 is 10.2 Å². The monoisotopic (exact) mass is 471 g/mol. The van der Waals surface area contributed by atoms with Gasteiger partial charge in [-0.15, -0.1) is 11.3 Å². The molecule has 33 heavy (non-hydrogen) atoms. The maximum absolute atomic E-state index is 12.9. The van der Waals surface area contributed by atoms with E-state index < -0.39 is 12.6 Å². The number of aromatic nitrogens is 2. The molecule has 1 saturated carbocycles. The average Bonchev–Trinajstić information content (AvgIpc) is 3.47. The van der Waals surface area contributed by atoms with E-state index >= 15 is 0 Å². The molecule has 2 aliphatic rings. The van der Waals surface area contributed by atoms with Crippen LogP contribution in [-0.2, 0) is 12.8 Å². The van der Waals surface area contributed by atoms with Crippen molar-refractivity contribution in [3.05, 3.63) is 47.1 Å². The molecule has 2 fully saturated rings. The van der Waals surface area contributed by atoms with E-state index in [0.717, 1.165) is 72.6 Å². The summed E-state index contributed by atoms with van der Waals surface area (Å²) >= 11 is 1.10. The molecule has 9 heteroatoms. The molecule has 1 saturated heterocycles. The molecular weight excluding hydrogens is 447 g/mol. The second-order valence-corrected chi connectivity index (χ2v) is 10.3. The molecule has 5 rings (SSSR count). The van der Waals surface area contributed by atoms with E-state index in [-0.39, 0.29) is 10.3 Å². The van der Waals surface area contributed by atoms with Crippen LogP contribution in [0.4, 0.5) is 24.7 Å². The minimum absolute atomic E-state index is 0.195. The second kappa shape index (κ2) is 8.49. The van der Waals surface area contributed by atoms with E-state index in [1.165, 1.54) is 6.33 Å². The fraction of sp³-hybridized carbons (Fsp3) is 0.458. The highest BCUT2D eigenvalue weighted by Crippen LogP contribution is 2.48. The smallest absolute Gasteiger partial charge is 0.382 e. The summed E-state index contributed by atoms with van der Waals surface area (Å²) in [4.78, 5) is 11.8. The predicted molar refractivity (Wildman–Crippen MR) is 123 cm³/mol. The third kappa shape index (κ3) is 4.76. The Morgan fingerprint density at radius 2 is 2.03 bits per heavy atom. The molecule has 0 unspecified atom stereocenters. The number of anilines is 2. The zero-order valence-electron chi connectivity index (χ0n) is 18.0. The zero-order chi connectivity index (χ0) is 23.1. The topological polar surface area (TPSA) is 64.8 Å². The van der Waals surface area contributed by atoms with Gasteiger partial charge in [0.05, 0.1) is 24.3 Å². The first-order chi connectivity index (χ1) is 15.8. The Hall–Kier alpha value is -2.86. The number of benzene rings is 1. The minimum atomic E-state index is -4.23. The Labute approximate surface area is 194 Å². The molecular formula is C24H24F3N5S. The van der Waals surface area contributed by atoms with Gasteiger partial charge in [0, 0.05) is 29.7 Å². The molecule has 172 valence electrons. The van der Waals surface area contributed by atoms with E-state index in [9.17, 15) is 13.2 Å². The number of hydrogen-bond donors (Lipinski definition) is 1. The van der Waals surface area contributed by atoms with Gasteiger partial charge in [0.2, 0.25) is 0 Å². The number of nitriles is 1. The van der Waals surface area contributed by atoms with Crippen molar-refractivity contribution in [2.24, 2.45) is 5.41 Å². The van der Waals surface area contributed by atoms with E-state index in [1.54, 1.807) is 6.07 Å². The molecule has 0 radical (unpaired) electrons. The van der Waals surface area contributed by atoms with Crippen LogP contribution in [0.1, 0.15) is 36.1 Å². The van der Waals surface area contributed by atoms with E-state index in [0.29, 0.717) is 17.3 Å². The Morgan fingerprint density at radius 3 is 2.79 bits per heavy atom. The number of rotatable bonds is 5. The van der Waals surface area contributed by atoms with Crippen LogP contribution >= 0.6 is 11.3 Å². The van der Waals surface area contributed by atoms with E-state index in [4.69, 9.17) is 5.26 Å². The number of thiophene rings is 1. The fourth-order valence-electron chi connectivity index (χ4n) is 5.29. The van der Waals surface area contributed by atoms with Gasteiger partial charge >= 0.3 is 6.18 Å². The molecule has 0 amide bonds. The van der Waals surface area contributed by atoms with Crippen molar-refractivity contribution in [3.63, 3.8) is 0 Å². The van der Waals surface area contributed by atoms with Gasteiger partial charge in [-0.2, -0.15) is 18.4 Å². The summed E-state index contributed by atoms with van der Waals surface area (Å²) in [6.45, 7) is 1.72. The summed E-state index contributed by atoms with van der Waals surface area (Å²) in [5.41, 5.74) is 2.28. The summed E-state index contributed by atoms with van der Waals surface area (Å²) in [6, 6.07) is 12.2. The van der Waals surface area contributed by atoms with Crippen LogP contribution in [0.5, 0.6) is 0 Å². The summed E-state index contributed by atoms with van der Waals surface area (Å²) in [5.74, 6) is 0.756. The Bertz CT molecular complexity index is 1180. The van der Waals surface area contributed by atoms with Gasteiger partial charge in [-0.1, -0.05) is 12.1 Å². The molecule has 2 aromatic heterocycles. The molecule has 3 aromatic rings. The van der Waals surface area contributed by atoms with Crippen molar-refractivity contribution in [1.29, 1.82) is 5.26 Å². The second-order valence-electron chi connectivity index (χ2n) is 9.21. The van der Waals surface area contributed by atoms with Crippen LogP contribution in [0.15, 0.2) is 36.7 Å². The summed E-state index contributed by atoms with van der Waals surface area (Å²) in [7, 11) is 0. The number of nitrogens with zero attached hydrogens (tertiary/aromatic N) is 4. The summed E-state index contributed by atoms with van der Waals surface area (Å²) < 4.78 is 38.6. The molecule has 2 atom stereocenters. The van der Waals surface area contributed by atoms with Crippen LogP contribution in [0.25, 0.3) is 10.2 Å². The van der Waals surface area contributed by atoms with Gasteiger partial charge in [0.25, 0.3) is 0 Å². The number of nitrogens with one attached hydrogen (secondary N) is 1. The lowest BCUT2D eigenvalue weighted by molar-refractivity contribution is -0.126. The summed E-state index contributed by atoms with van der Waals surface area (Å²) in [5, 5.41) is 13.2. The minimum Gasteiger partial charge on any atom is -0.382 e. The van der Waals surface area contributed by atoms with Crippen LogP contribution in [0.2, 0.25) is 0 Å². The lowest BCUT2D eigenvalue weighted by Gasteiger charge is -2.25. The van der Waals surface area contributed by atoms with Crippen molar-refractivity contribution < 1.29 is 13.2 Å². The molecule has 1 aliphatic carbocycles. The number of halogens is 3. The molecule has 1 aliphatic heterocycles. The third-order valence-electron chi connectivity index (χ3n) is 6.78. The maximum Gasteiger partial charge on any atom is 0.393 e. The highest BCUT2D eigenvalue weighted by atomic mass is 32.1. The normalized spacial score (nSPS) is 22.8. The maximum atomic E-state index is 12.9. The number of alkyl halides is 3. The Balaban J connectivity index is 1.27. The largest absolute Gasteiger partial charge is 0.393 e. The lowest BCUT2D eigenvalue weighted by Crippen LogP contribution is -2.27. The van der Waals surface area contributed by atoms with Crippen LogP contribution in [-0.4, -0.2) is 35.3 Å². The fourth-order valence-corrected chi connectivity index (χ4v) is 6.31. The van der Waals surface area contributed by atoms with Crippen LogP contribution in [0, 0.1) is 16.7 Å². The SMILES string of the molecule is N#CCc1ccc(N[C@H]2CC[C@@]3(CCN(c4ncnc5sc(CC(F)(F)F)cc45)C3)C2)cc1. The number of fused-ring (bicyclic) bond motifs is 1. The van der Waals surface area contributed by atoms with Crippen molar-refractivity contribution in [2.45, 2.75) is 50.7 Å². The zero-order valence-corrected chi connectivity index (χ0v) is 18.8. The molecule has 1 N–H and O–H groups in total. The quantitative estimate of drug-likeness (QED) is 0.515. The van der Waals surface area contributed by atoms with Gasteiger partial charge in [-0.3, -0.25) is 0 Å². The van der Waals surface area contributed by atoms with Gasteiger partial charge in [0.15, 0.2) is 0 Å². The third-order valence-corrected chi connectivity index (χ3v) is 7.83. The first-order valence-corrected chi connectivity index (χ1v) is 11.9. The summed E-state index contributed by atoms with van der Waals surface area (Å²) in [6.07, 6.45) is 1.03.